The van der Waals surface area contributed by atoms with Crippen molar-refractivity contribution in [2.45, 2.75) is 39.0 Å². The van der Waals surface area contributed by atoms with E-state index < -0.39 is 17.7 Å². The number of carbonyl (C=O) groups is 2. The first-order valence-corrected chi connectivity index (χ1v) is 9.34. The monoisotopic (exact) mass is 382 g/mol. The van der Waals surface area contributed by atoms with Crippen LogP contribution in [0.3, 0.4) is 0 Å². The molecule has 0 spiro atoms. The third-order valence-electron chi connectivity index (χ3n) is 4.58. The summed E-state index contributed by atoms with van der Waals surface area (Å²) in [5.41, 5.74) is 1.66. The second-order valence-corrected chi connectivity index (χ2v) is 7.83. The highest BCUT2D eigenvalue weighted by atomic mass is 16.6. The summed E-state index contributed by atoms with van der Waals surface area (Å²) in [6, 6.07) is 16.3. The van der Waals surface area contributed by atoms with Crippen LogP contribution in [0, 0.1) is 0 Å². The predicted octanol–water partition coefficient (Wildman–Crippen LogP) is 3.50. The van der Waals surface area contributed by atoms with Gasteiger partial charge in [0, 0.05) is 6.54 Å². The minimum atomic E-state index is -0.668. The average molecular weight is 382 g/mol. The summed E-state index contributed by atoms with van der Waals surface area (Å²) < 4.78 is 5.51. The molecule has 6 nitrogen and oxygen atoms in total. The number of aliphatic hydroxyl groups excluding tert-OH is 1. The number of carbonyl (C=O) groups excluding carboxylic acids is 2. The van der Waals surface area contributed by atoms with Crippen LogP contribution in [0.2, 0.25) is 0 Å². The Labute approximate surface area is 165 Å². The number of fused-ring (bicyclic) bond motifs is 1. The maximum absolute atomic E-state index is 13.1. The van der Waals surface area contributed by atoms with Gasteiger partial charge in [-0.15, -0.1) is 0 Å². The summed E-state index contributed by atoms with van der Waals surface area (Å²) >= 11 is 0. The summed E-state index contributed by atoms with van der Waals surface area (Å²) in [5.74, 6) is -0.245. The molecule has 148 valence electrons. The van der Waals surface area contributed by atoms with Gasteiger partial charge in [0.05, 0.1) is 18.3 Å². The minimum absolute atomic E-state index is 0.144. The van der Waals surface area contributed by atoms with Gasteiger partial charge in [-0.3, -0.25) is 9.69 Å². The van der Waals surface area contributed by atoms with Crippen LogP contribution in [-0.2, 0) is 16.1 Å². The molecule has 1 atom stereocenters. The molecule has 0 saturated carbocycles. The number of para-hydroxylation sites is 1. The Balaban J connectivity index is 1.97. The lowest BCUT2D eigenvalue weighted by Gasteiger charge is -2.30. The van der Waals surface area contributed by atoms with E-state index >= 15 is 0 Å². The molecule has 2 amide bonds. The van der Waals surface area contributed by atoms with Crippen molar-refractivity contribution in [1.29, 1.82) is 0 Å². The first-order valence-electron chi connectivity index (χ1n) is 9.34. The Bertz CT molecular complexity index is 845. The van der Waals surface area contributed by atoms with Crippen LogP contribution in [0.15, 0.2) is 54.6 Å². The third-order valence-corrected chi connectivity index (χ3v) is 4.58. The molecule has 0 aliphatic carbocycles. The van der Waals surface area contributed by atoms with Gasteiger partial charge in [-0.2, -0.15) is 0 Å². The van der Waals surface area contributed by atoms with Gasteiger partial charge in [-0.25, -0.2) is 4.79 Å². The van der Waals surface area contributed by atoms with Gasteiger partial charge in [0.1, 0.15) is 12.1 Å². The van der Waals surface area contributed by atoms with E-state index in [-0.39, 0.29) is 19.1 Å². The Morgan fingerprint density at radius 1 is 1.07 bits per heavy atom. The van der Waals surface area contributed by atoms with E-state index in [2.05, 4.69) is 0 Å². The first-order chi connectivity index (χ1) is 13.3. The largest absolute Gasteiger partial charge is 0.443 e. The van der Waals surface area contributed by atoms with Gasteiger partial charge in [-0.1, -0.05) is 48.5 Å². The molecule has 1 aliphatic rings. The van der Waals surface area contributed by atoms with E-state index in [1.807, 2.05) is 54.6 Å². The molecule has 2 aromatic carbocycles. The molecule has 0 bridgehead atoms. The molecule has 0 aromatic heterocycles. The SMILES string of the molecule is CC(C)(C)OC(=O)N1CC(=O)N(C(CO)c2ccccc2)Cc2ccccc21. The van der Waals surface area contributed by atoms with Gasteiger partial charge in [-0.05, 0) is 38.0 Å². The number of ether oxygens (including phenoxy) is 1. The quantitative estimate of drug-likeness (QED) is 0.882. The fourth-order valence-corrected chi connectivity index (χ4v) is 3.31. The molecule has 1 heterocycles. The minimum Gasteiger partial charge on any atom is -0.443 e. The van der Waals surface area contributed by atoms with Gasteiger partial charge in [0.2, 0.25) is 5.91 Å². The molecule has 28 heavy (non-hydrogen) atoms. The van der Waals surface area contributed by atoms with Gasteiger partial charge in [0.15, 0.2) is 0 Å². The van der Waals surface area contributed by atoms with Crippen molar-refractivity contribution >= 4 is 17.7 Å². The summed E-state index contributed by atoms with van der Waals surface area (Å²) in [5, 5.41) is 10.0. The van der Waals surface area contributed by atoms with Crippen molar-refractivity contribution in [2.75, 3.05) is 18.1 Å². The summed E-state index contributed by atoms with van der Waals surface area (Å²) in [6.07, 6.45) is -0.560. The van der Waals surface area contributed by atoms with E-state index in [0.717, 1.165) is 11.1 Å². The summed E-state index contributed by atoms with van der Waals surface area (Å²) in [7, 11) is 0. The Hall–Kier alpha value is -2.86. The Morgan fingerprint density at radius 2 is 1.71 bits per heavy atom. The second-order valence-electron chi connectivity index (χ2n) is 7.83. The molecule has 1 unspecified atom stereocenters. The number of hydrogen-bond donors (Lipinski definition) is 1. The van der Waals surface area contributed by atoms with Crippen LogP contribution in [0.4, 0.5) is 10.5 Å². The van der Waals surface area contributed by atoms with Crippen molar-refractivity contribution in [1.82, 2.24) is 4.90 Å². The lowest BCUT2D eigenvalue weighted by Crippen LogP contribution is -2.44. The van der Waals surface area contributed by atoms with Gasteiger partial charge < -0.3 is 14.7 Å². The van der Waals surface area contributed by atoms with Crippen molar-refractivity contribution < 1.29 is 19.4 Å². The highest BCUT2D eigenvalue weighted by Gasteiger charge is 2.34. The fraction of sp³-hybridized carbons (Fsp3) is 0.364. The predicted molar refractivity (Wildman–Crippen MR) is 107 cm³/mol. The van der Waals surface area contributed by atoms with E-state index in [1.165, 1.54) is 4.90 Å². The van der Waals surface area contributed by atoms with Crippen LogP contribution < -0.4 is 4.90 Å². The number of amides is 2. The average Bonchev–Trinajstić information content (AvgIpc) is 2.79. The zero-order valence-corrected chi connectivity index (χ0v) is 16.5. The Kier molecular flexibility index (Phi) is 5.70. The lowest BCUT2D eigenvalue weighted by molar-refractivity contribution is -0.133. The van der Waals surface area contributed by atoms with Gasteiger partial charge in [0.25, 0.3) is 0 Å². The lowest BCUT2D eigenvalue weighted by atomic mass is 10.0. The molecule has 6 heteroatoms. The van der Waals surface area contributed by atoms with E-state index in [4.69, 9.17) is 4.74 Å². The summed E-state index contributed by atoms with van der Waals surface area (Å²) in [6.45, 7) is 5.33. The maximum atomic E-state index is 13.1. The van der Waals surface area contributed by atoms with Crippen LogP contribution in [0.25, 0.3) is 0 Å². The molecular formula is C22H26N2O4. The van der Waals surface area contributed by atoms with Crippen LogP contribution in [0.1, 0.15) is 37.9 Å². The van der Waals surface area contributed by atoms with Crippen LogP contribution in [-0.4, -0.2) is 40.8 Å². The molecular weight excluding hydrogens is 356 g/mol. The van der Waals surface area contributed by atoms with E-state index in [0.29, 0.717) is 12.2 Å². The van der Waals surface area contributed by atoms with E-state index in [9.17, 15) is 14.7 Å². The van der Waals surface area contributed by atoms with Gasteiger partial charge >= 0.3 is 6.09 Å². The maximum Gasteiger partial charge on any atom is 0.415 e. The molecule has 0 radical (unpaired) electrons. The number of anilines is 1. The van der Waals surface area contributed by atoms with Crippen molar-refractivity contribution in [2.24, 2.45) is 0 Å². The summed E-state index contributed by atoms with van der Waals surface area (Å²) in [4.78, 5) is 28.9. The number of aliphatic hydroxyl groups is 1. The highest BCUT2D eigenvalue weighted by Crippen LogP contribution is 2.31. The zero-order chi connectivity index (χ0) is 20.3. The number of nitrogens with zero attached hydrogens (tertiary/aromatic N) is 2. The number of benzene rings is 2. The molecule has 2 aromatic rings. The van der Waals surface area contributed by atoms with Crippen LogP contribution in [0.5, 0.6) is 0 Å². The van der Waals surface area contributed by atoms with Crippen molar-refractivity contribution in [3.05, 3.63) is 65.7 Å². The molecule has 0 fully saturated rings. The smallest absolute Gasteiger partial charge is 0.415 e. The normalized spacial score (nSPS) is 15.6. The number of rotatable bonds is 3. The van der Waals surface area contributed by atoms with Crippen molar-refractivity contribution in [3.8, 4) is 0 Å². The molecule has 3 rings (SSSR count). The highest BCUT2D eigenvalue weighted by molar-refractivity contribution is 5.97. The molecule has 1 aliphatic heterocycles. The molecule has 0 saturated heterocycles. The second kappa shape index (κ2) is 8.02. The standard InChI is InChI=1S/C22H26N2O4/c1-22(2,3)28-21(27)24-14-20(26)23(13-17-11-7-8-12-18(17)24)19(15-25)16-9-5-4-6-10-16/h4-12,19,25H,13-15H2,1-3H3. The third kappa shape index (κ3) is 4.34. The fourth-order valence-electron chi connectivity index (χ4n) is 3.31. The topological polar surface area (TPSA) is 70.1 Å². The zero-order valence-electron chi connectivity index (χ0n) is 16.5. The number of hydrogen-bond acceptors (Lipinski definition) is 4. The molecule has 1 N–H and O–H groups in total. The van der Waals surface area contributed by atoms with Crippen LogP contribution >= 0.6 is 0 Å². The first kappa shape index (κ1) is 19.9. The van der Waals surface area contributed by atoms with Crippen molar-refractivity contribution in [3.63, 3.8) is 0 Å². The Morgan fingerprint density at radius 3 is 2.36 bits per heavy atom. The van der Waals surface area contributed by atoms with E-state index in [1.54, 1.807) is 25.7 Å².